The van der Waals surface area contributed by atoms with Crippen LogP contribution in [0.3, 0.4) is 0 Å². The number of para-hydroxylation sites is 1. The summed E-state index contributed by atoms with van der Waals surface area (Å²) in [6, 6.07) is 3.95. The summed E-state index contributed by atoms with van der Waals surface area (Å²) in [6.45, 7) is 0.256. The van der Waals surface area contributed by atoms with Gasteiger partial charge in [0.05, 0.1) is 24.4 Å². The van der Waals surface area contributed by atoms with Crippen LogP contribution in [0.25, 0.3) is 0 Å². The Kier molecular flexibility index (Phi) is 3.61. The van der Waals surface area contributed by atoms with Crippen molar-refractivity contribution in [2.75, 3.05) is 6.61 Å². The summed E-state index contributed by atoms with van der Waals surface area (Å²) in [5.74, 6) is -1.05. The van der Waals surface area contributed by atoms with Crippen LogP contribution in [0.15, 0.2) is 18.2 Å². The number of rotatable bonds is 2. The zero-order valence-electron chi connectivity index (χ0n) is 12.7. The molecule has 2 bridgehead atoms. The van der Waals surface area contributed by atoms with Crippen molar-refractivity contribution in [3.05, 3.63) is 23.8 Å². The average molecular weight is 341 g/mol. The van der Waals surface area contributed by atoms with E-state index in [0.717, 1.165) is 6.42 Å². The van der Waals surface area contributed by atoms with Gasteiger partial charge < -0.3 is 24.6 Å². The fourth-order valence-electron chi connectivity index (χ4n) is 3.67. The monoisotopic (exact) mass is 341 g/mol. The number of hydrogen-bond donors (Lipinski definition) is 2. The molecule has 1 saturated heterocycles. The first kappa shape index (κ1) is 15.6. The molecule has 4 atom stereocenters. The third-order valence-corrected chi connectivity index (χ3v) is 4.84. The smallest absolute Gasteiger partial charge is 0.395 e. The fraction of sp³-hybridized carbons (Fsp3) is 0.562. The second-order valence-corrected chi connectivity index (χ2v) is 6.38. The van der Waals surface area contributed by atoms with Gasteiger partial charge in [-0.1, -0.05) is 6.07 Å². The minimum atomic E-state index is -3.77. The summed E-state index contributed by atoms with van der Waals surface area (Å²) in [7, 11) is 0. The predicted octanol–water partition coefficient (Wildman–Crippen LogP) is 1.67. The standard InChI is InChI=1S/C16H17F2NO5/c17-16(18)23-13-3-1-2-9(14(13)24-16)15(21)19-11-5-4-8-6-10(11)12(20)7-22-8/h1-3,8,10-12,20H,4-7H2,(H,19,21)/t8-,10+,11-,12+/m1/s1. The van der Waals surface area contributed by atoms with E-state index >= 15 is 0 Å². The lowest BCUT2D eigenvalue weighted by Crippen LogP contribution is -2.53. The molecule has 1 amide bonds. The number of alkyl halides is 2. The molecule has 1 aromatic rings. The van der Waals surface area contributed by atoms with Crippen molar-refractivity contribution in [2.45, 2.75) is 43.8 Å². The molecular formula is C16H17F2NO5. The molecule has 1 saturated carbocycles. The van der Waals surface area contributed by atoms with Crippen molar-refractivity contribution < 1.29 is 32.9 Å². The van der Waals surface area contributed by atoms with Crippen LogP contribution in [-0.4, -0.2) is 42.2 Å². The Bertz CT molecular complexity index is 668. The Morgan fingerprint density at radius 2 is 2.12 bits per heavy atom. The summed E-state index contributed by atoms with van der Waals surface area (Å²) >= 11 is 0. The van der Waals surface area contributed by atoms with Crippen LogP contribution in [0.1, 0.15) is 29.6 Å². The number of carbonyl (C=O) groups is 1. The molecule has 2 fully saturated rings. The number of nitrogens with one attached hydrogen (secondary N) is 1. The third kappa shape index (κ3) is 2.69. The average Bonchev–Trinajstić information content (AvgIpc) is 2.86. The highest BCUT2D eigenvalue weighted by atomic mass is 19.3. The van der Waals surface area contributed by atoms with Crippen LogP contribution >= 0.6 is 0 Å². The number of hydrogen-bond acceptors (Lipinski definition) is 5. The van der Waals surface area contributed by atoms with E-state index in [1.54, 1.807) is 0 Å². The van der Waals surface area contributed by atoms with Gasteiger partial charge in [0.1, 0.15) is 0 Å². The number of ether oxygens (including phenoxy) is 3. The molecule has 0 spiro atoms. The molecule has 4 rings (SSSR count). The molecule has 2 N–H and O–H groups in total. The van der Waals surface area contributed by atoms with E-state index in [4.69, 9.17) is 4.74 Å². The van der Waals surface area contributed by atoms with Gasteiger partial charge in [-0.25, -0.2) is 0 Å². The minimum Gasteiger partial charge on any atom is -0.395 e. The lowest BCUT2D eigenvalue weighted by Gasteiger charge is -2.43. The van der Waals surface area contributed by atoms with Gasteiger partial charge in [0.25, 0.3) is 5.91 Å². The molecule has 0 radical (unpaired) electrons. The van der Waals surface area contributed by atoms with E-state index in [1.165, 1.54) is 18.2 Å². The van der Waals surface area contributed by atoms with Gasteiger partial charge in [0.15, 0.2) is 11.5 Å². The molecule has 6 nitrogen and oxygen atoms in total. The fourth-order valence-corrected chi connectivity index (χ4v) is 3.67. The Morgan fingerprint density at radius 1 is 1.29 bits per heavy atom. The molecule has 1 aliphatic carbocycles. The summed E-state index contributed by atoms with van der Waals surface area (Å²) in [4.78, 5) is 12.5. The van der Waals surface area contributed by atoms with Crippen LogP contribution in [0.5, 0.6) is 11.5 Å². The molecule has 2 heterocycles. The Labute approximate surface area is 136 Å². The van der Waals surface area contributed by atoms with Crippen LogP contribution in [0.4, 0.5) is 8.78 Å². The summed E-state index contributed by atoms with van der Waals surface area (Å²) < 4.78 is 40.8. The summed E-state index contributed by atoms with van der Waals surface area (Å²) in [5.41, 5.74) is -0.00616. The largest absolute Gasteiger partial charge is 0.586 e. The van der Waals surface area contributed by atoms with Gasteiger partial charge in [0, 0.05) is 12.0 Å². The van der Waals surface area contributed by atoms with Gasteiger partial charge >= 0.3 is 6.29 Å². The molecule has 0 aromatic heterocycles. The lowest BCUT2D eigenvalue weighted by molar-refractivity contribution is -0.286. The van der Waals surface area contributed by atoms with Crippen molar-refractivity contribution in [3.63, 3.8) is 0 Å². The van der Waals surface area contributed by atoms with Gasteiger partial charge in [-0.3, -0.25) is 4.79 Å². The third-order valence-electron chi connectivity index (χ3n) is 4.84. The number of fused-ring (bicyclic) bond motifs is 3. The minimum absolute atomic E-state index is 0.00616. The first-order valence-corrected chi connectivity index (χ1v) is 7.92. The Balaban J connectivity index is 1.53. The van der Waals surface area contributed by atoms with Crippen molar-refractivity contribution in [1.29, 1.82) is 0 Å². The molecule has 2 aliphatic heterocycles. The van der Waals surface area contributed by atoms with E-state index in [2.05, 4.69) is 14.8 Å². The van der Waals surface area contributed by atoms with Crippen molar-refractivity contribution in [3.8, 4) is 11.5 Å². The van der Waals surface area contributed by atoms with E-state index in [1.807, 2.05) is 0 Å². The van der Waals surface area contributed by atoms with Crippen LogP contribution in [0, 0.1) is 5.92 Å². The number of benzene rings is 1. The number of aliphatic hydroxyl groups is 1. The number of halogens is 2. The van der Waals surface area contributed by atoms with Gasteiger partial charge in [0.2, 0.25) is 0 Å². The maximum atomic E-state index is 13.2. The number of carbonyl (C=O) groups excluding carboxylic acids is 1. The topological polar surface area (TPSA) is 77.0 Å². The molecule has 8 heteroatoms. The van der Waals surface area contributed by atoms with Gasteiger partial charge in [-0.15, -0.1) is 8.78 Å². The molecular weight excluding hydrogens is 324 g/mol. The predicted molar refractivity (Wildman–Crippen MR) is 77.0 cm³/mol. The highest BCUT2D eigenvalue weighted by Crippen LogP contribution is 2.43. The highest BCUT2D eigenvalue weighted by molar-refractivity contribution is 5.98. The molecule has 3 aliphatic rings. The second kappa shape index (κ2) is 5.56. The van der Waals surface area contributed by atoms with E-state index in [0.29, 0.717) is 12.8 Å². The molecule has 130 valence electrons. The van der Waals surface area contributed by atoms with E-state index in [9.17, 15) is 18.7 Å². The van der Waals surface area contributed by atoms with Crippen molar-refractivity contribution in [2.24, 2.45) is 5.92 Å². The molecule has 1 aromatic carbocycles. The lowest BCUT2D eigenvalue weighted by atomic mass is 9.77. The van der Waals surface area contributed by atoms with Crippen LogP contribution in [-0.2, 0) is 4.74 Å². The maximum Gasteiger partial charge on any atom is 0.586 e. The van der Waals surface area contributed by atoms with Crippen LogP contribution in [0.2, 0.25) is 0 Å². The molecule has 0 unspecified atom stereocenters. The van der Waals surface area contributed by atoms with Crippen molar-refractivity contribution in [1.82, 2.24) is 5.32 Å². The normalized spacial score (nSPS) is 33.1. The van der Waals surface area contributed by atoms with Gasteiger partial charge in [-0.05, 0) is 31.4 Å². The quantitative estimate of drug-likeness (QED) is 0.856. The highest BCUT2D eigenvalue weighted by Gasteiger charge is 2.46. The summed E-state index contributed by atoms with van der Waals surface area (Å²) in [6.07, 6.45) is -2.16. The Morgan fingerprint density at radius 3 is 2.96 bits per heavy atom. The number of aliphatic hydroxyl groups excluding tert-OH is 1. The van der Waals surface area contributed by atoms with E-state index in [-0.39, 0.29) is 41.7 Å². The number of amides is 1. The van der Waals surface area contributed by atoms with Crippen molar-refractivity contribution >= 4 is 5.91 Å². The summed E-state index contributed by atoms with van der Waals surface area (Å²) in [5, 5.41) is 12.9. The Hall–Kier alpha value is -1.93. The first-order chi connectivity index (χ1) is 11.4. The first-order valence-electron chi connectivity index (χ1n) is 7.92. The van der Waals surface area contributed by atoms with Gasteiger partial charge in [-0.2, -0.15) is 0 Å². The van der Waals surface area contributed by atoms with Crippen LogP contribution < -0.4 is 14.8 Å². The zero-order chi connectivity index (χ0) is 16.9. The van der Waals surface area contributed by atoms with E-state index < -0.39 is 18.3 Å². The maximum absolute atomic E-state index is 13.2. The molecule has 24 heavy (non-hydrogen) atoms. The SMILES string of the molecule is O=C(N[C@@H]1CC[C@@H]2C[C@@H]1[C@@H](O)CO2)c1cccc2c1OC(F)(F)O2. The second-order valence-electron chi connectivity index (χ2n) is 6.38. The zero-order valence-corrected chi connectivity index (χ0v) is 12.7.